The molecular weight excluding hydrogens is 258 g/mol. The van der Waals surface area contributed by atoms with E-state index in [1.165, 1.54) is 18.8 Å². The SMILES string of the molecule is C=CN=C(C=C)CC.C=CN=C(N=C)C(C)(C)C.CCC. The molecule has 3 heteroatoms. The van der Waals surface area contributed by atoms with Gasteiger partial charge in [0, 0.05) is 23.5 Å². The third-order valence-corrected chi connectivity index (χ3v) is 1.89. The molecule has 0 aromatic heterocycles. The topological polar surface area (TPSA) is 37.1 Å². The zero-order chi connectivity index (χ0) is 17.3. The molecule has 0 saturated carbocycles. The van der Waals surface area contributed by atoms with Crippen molar-refractivity contribution >= 4 is 18.3 Å². The van der Waals surface area contributed by atoms with Crippen molar-refractivity contribution in [1.82, 2.24) is 0 Å². The van der Waals surface area contributed by atoms with Gasteiger partial charge in [-0.1, -0.05) is 67.7 Å². The van der Waals surface area contributed by atoms with E-state index in [0.717, 1.165) is 18.0 Å². The maximum atomic E-state index is 3.97. The molecule has 3 nitrogen and oxygen atoms in total. The van der Waals surface area contributed by atoms with E-state index in [2.05, 4.69) is 55.3 Å². The number of hydrogen-bond donors (Lipinski definition) is 0. The second-order valence-corrected chi connectivity index (χ2v) is 5.11. The van der Waals surface area contributed by atoms with Crippen molar-refractivity contribution in [3.05, 3.63) is 38.2 Å². The van der Waals surface area contributed by atoms with Gasteiger partial charge in [-0.05, 0) is 19.2 Å². The van der Waals surface area contributed by atoms with Gasteiger partial charge >= 0.3 is 0 Å². The number of rotatable bonds is 4. The van der Waals surface area contributed by atoms with Crippen LogP contribution < -0.4 is 0 Å². The van der Waals surface area contributed by atoms with Crippen LogP contribution in [0.1, 0.15) is 54.4 Å². The van der Waals surface area contributed by atoms with Crippen LogP contribution in [0, 0.1) is 5.41 Å². The number of amidine groups is 1. The van der Waals surface area contributed by atoms with E-state index >= 15 is 0 Å². The van der Waals surface area contributed by atoms with E-state index in [4.69, 9.17) is 0 Å². The summed E-state index contributed by atoms with van der Waals surface area (Å²) in [6.45, 7) is 26.3. The van der Waals surface area contributed by atoms with Gasteiger partial charge in [-0.3, -0.25) is 4.99 Å². The lowest BCUT2D eigenvalue weighted by Crippen LogP contribution is -2.17. The van der Waals surface area contributed by atoms with Crippen molar-refractivity contribution in [2.75, 3.05) is 0 Å². The Morgan fingerprint density at radius 1 is 0.952 bits per heavy atom. The van der Waals surface area contributed by atoms with Gasteiger partial charge in [0.05, 0.1) is 0 Å². The summed E-state index contributed by atoms with van der Waals surface area (Å²) in [6.07, 6.45) is 6.92. The van der Waals surface area contributed by atoms with Gasteiger partial charge in [0.1, 0.15) is 5.84 Å². The van der Waals surface area contributed by atoms with Crippen LogP contribution in [-0.4, -0.2) is 18.3 Å². The molecular formula is C18H33N3. The van der Waals surface area contributed by atoms with Gasteiger partial charge in [-0.2, -0.15) is 0 Å². The predicted octanol–water partition coefficient (Wildman–Crippen LogP) is 5.86. The fraction of sp³-hybridized carbons (Fsp3) is 0.500. The molecule has 0 fully saturated rings. The maximum absolute atomic E-state index is 3.97. The molecule has 0 aromatic carbocycles. The minimum atomic E-state index is -0.0318. The molecule has 0 atom stereocenters. The molecule has 21 heavy (non-hydrogen) atoms. The molecule has 0 aliphatic rings. The van der Waals surface area contributed by atoms with E-state index < -0.39 is 0 Å². The van der Waals surface area contributed by atoms with Crippen molar-refractivity contribution in [1.29, 1.82) is 0 Å². The van der Waals surface area contributed by atoms with Gasteiger partial charge in [-0.15, -0.1) is 0 Å². The van der Waals surface area contributed by atoms with Gasteiger partial charge < -0.3 is 0 Å². The molecule has 0 spiro atoms. The smallest absolute Gasteiger partial charge is 0.132 e. The number of allylic oxidation sites excluding steroid dienone is 1. The third-order valence-electron chi connectivity index (χ3n) is 1.89. The quantitative estimate of drug-likeness (QED) is 0.459. The van der Waals surface area contributed by atoms with Crippen LogP contribution in [0.2, 0.25) is 0 Å². The van der Waals surface area contributed by atoms with Crippen molar-refractivity contribution in [2.45, 2.75) is 54.4 Å². The average Bonchev–Trinajstić information content (AvgIpc) is 2.42. The Balaban J connectivity index is -0.000000264. The summed E-state index contributed by atoms with van der Waals surface area (Å²) in [4.78, 5) is 11.7. The summed E-state index contributed by atoms with van der Waals surface area (Å²) in [5.74, 6) is 0.725. The summed E-state index contributed by atoms with van der Waals surface area (Å²) in [5.41, 5.74) is 0.954. The summed E-state index contributed by atoms with van der Waals surface area (Å²) >= 11 is 0. The number of nitrogens with zero attached hydrogens (tertiary/aromatic N) is 3. The van der Waals surface area contributed by atoms with Crippen LogP contribution in [0.15, 0.2) is 53.2 Å². The fourth-order valence-corrected chi connectivity index (χ4v) is 0.964. The predicted molar refractivity (Wildman–Crippen MR) is 101 cm³/mol. The molecule has 0 rings (SSSR count). The molecule has 0 N–H and O–H groups in total. The fourth-order valence-electron chi connectivity index (χ4n) is 0.964. The number of hydrogen-bond acceptors (Lipinski definition) is 2. The Kier molecular flexibility index (Phi) is 18.8. The molecule has 0 heterocycles. The van der Waals surface area contributed by atoms with E-state index in [1.807, 2.05) is 27.7 Å². The highest BCUT2D eigenvalue weighted by Gasteiger charge is 2.16. The average molecular weight is 291 g/mol. The largest absolute Gasteiger partial charge is 0.262 e. The van der Waals surface area contributed by atoms with Crippen LogP contribution in [0.25, 0.3) is 0 Å². The minimum absolute atomic E-state index is 0.0318. The van der Waals surface area contributed by atoms with Crippen molar-refractivity contribution in [3.63, 3.8) is 0 Å². The van der Waals surface area contributed by atoms with Gasteiger partial charge in [0.2, 0.25) is 0 Å². The molecule has 0 bridgehead atoms. The Labute approximate surface area is 132 Å². The normalized spacial score (nSPS) is 11.1. The second kappa shape index (κ2) is 16.3. The first-order valence-electron chi connectivity index (χ1n) is 7.24. The van der Waals surface area contributed by atoms with Crippen LogP contribution >= 0.6 is 0 Å². The van der Waals surface area contributed by atoms with Crippen LogP contribution in [-0.2, 0) is 0 Å². The first kappa shape index (κ1) is 24.3. The molecule has 0 unspecified atom stereocenters. The Hall–Kier alpha value is -1.77. The van der Waals surface area contributed by atoms with E-state index in [9.17, 15) is 0 Å². The van der Waals surface area contributed by atoms with E-state index in [1.54, 1.807) is 6.08 Å². The van der Waals surface area contributed by atoms with Crippen LogP contribution in [0.5, 0.6) is 0 Å². The monoisotopic (exact) mass is 291 g/mol. The minimum Gasteiger partial charge on any atom is -0.262 e. The Bertz CT molecular complexity index is 355. The molecule has 0 aromatic rings. The highest BCUT2D eigenvalue weighted by molar-refractivity contribution is 5.94. The summed E-state index contributed by atoms with van der Waals surface area (Å²) < 4.78 is 0. The molecule has 120 valence electrons. The lowest BCUT2D eigenvalue weighted by molar-refractivity contribution is 0.586. The van der Waals surface area contributed by atoms with Crippen molar-refractivity contribution in [3.8, 4) is 0 Å². The summed E-state index contributed by atoms with van der Waals surface area (Å²) in [5, 5.41) is 0. The van der Waals surface area contributed by atoms with Crippen LogP contribution in [0.3, 0.4) is 0 Å². The Morgan fingerprint density at radius 2 is 1.38 bits per heavy atom. The van der Waals surface area contributed by atoms with Gasteiger partial charge in [0.15, 0.2) is 0 Å². The first-order chi connectivity index (χ1) is 9.78. The van der Waals surface area contributed by atoms with E-state index in [-0.39, 0.29) is 5.41 Å². The maximum Gasteiger partial charge on any atom is 0.132 e. The van der Waals surface area contributed by atoms with Crippen LogP contribution in [0.4, 0.5) is 0 Å². The lowest BCUT2D eigenvalue weighted by Gasteiger charge is -2.15. The molecule has 0 radical (unpaired) electrons. The highest BCUT2D eigenvalue weighted by Crippen LogP contribution is 2.16. The zero-order valence-corrected chi connectivity index (χ0v) is 14.8. The molecule has 0 aliphatic heterocycles. The van der Waals surface area contributed by atoms with E-state index in [0.29, 0.717) is 0 Å². The highest BCUT2D eigenvalue weighted by atomic mass is 14.9. The summed E-state index contributed by atoms with van der Waals surface area (Å²) in [6, 6.07) is 0. The number of aliphatic imine (C=N–C) groups is 3. The standard InChI is InChI=1S/C8H14N2.C7H11N.C3H8/c1-6-10-7(9-5)8(2,3)4;1-4-7(5-2)8-6-3;1-3-2/h6H,1,5H2,2-4H3;4,6H,1,3,5H2,2H3;3H2,1-2H3. The molecule has 0 aliphatic carbocycles. The van der Waals surface area contributed by atoms with Crippen molar-refractivity contribution < 1.29 is 0 Å². The third kappa shape index (κ3) is 18.2. The summed E-state index contributed by atoms with van der Waals surface area (Å²) in [7, 11) is 0. The van der Waals surface area contributed by atoms with Gasteiger partial charge in [0.25, 0.3) is 0 Å². The first-order valence-corrected chi connectivity index (χ1v) is 7.24. The van der Waals surface area contributed by atoms with Crippen molar-refractivity contribution in [2.24, 2.45) is 20.4 Å². The molecule has 0 amide bonds. The molecule has 0 saturated heterocycles. The Morgan fingerprint density at radius 3 is 1.48 bits per heavy atom. The second-order valence-electron chi connectivity index (χ2n) is 5.11. The van der Waals surface area contributed by atoms with Gasteiger partial charge in [-0.25, -0.2) is 9.98 Å². The zero-order valence-electron chi connectivity index (χ0n) is 14.8. The lowest BCUT2D eigenvalue weighted by atomic mass is 9.95.